The second kappa shape index (κ2) is 7.77. The Hall–Kier alpha value is -0.580. The molecule has 0 radical (unpaired) electrons. The number of anilines is 1. The Balaban J connectivity index is 0.00000162. The van der Waals surface area contributed by atoms with Gasteiger partial charge < -0.3 is 22.6 Å². The van der Waals surface area contributed by atoms with Gasteiger partial charge in [0.05, 0.1) is 0 Å². The average Bonchev–Trinajstić information content (AvgIpc) is 2.83. The Morgan fingerprint density at radius 3 is 2.44 bits per heavy atom. The van der Waals surface area contributed by atoms with Gasteiger partial charge in [0.2, 0.25) is 5.91 Å². The molecule has 1 saturated heterocycles. The molecule has 1 aromatic rings. The van der Waals surface area contributed by atoms with Gasteiger partial charge in [-0.1, -0.05) is 15.9 Å². The lowest BCUT2D eigenvalue weighted by molar-refractivity contribution is -0.116. The van der Waals surface area contributed by atoms with Crippen molar-refractivity contribution in [1.29, 1.82) is 0 Å². The molecule has 0 aromatic heterocycles. The van der Waals surface area contributed by atoms with Crippen molar-refractivity contribution in [2.75, 3.05) is 25.0 Å². The van der Waals surface area contributed by atoms with Crippen molar-refractivity contribution in [2.45, 2.75) is 19.3 Å². The summed E-state index contributed by atoms with van der Waals surface area (Å²) < 4.78 is 1.02. The van der Waals surface area contributed by atoms with Gasteiger partial charge in [0.15, 0.2) is 0 Å². The predicted molar refractivity (Wildman–Crippen MR) is 73.1 cm³/mol. The van der Waals surface area contributed by atoms with Crippen molar-refractivity contribution in [1.82, 2.24) is 4.90 Å². The van der Waals surface area contributed by atoms with Gasteiger partial charge in [0.1, 0.15) is 0 Å². The Kier molecular flexibility index (Phi) is 6.68. The highest BCUT2D eigenvalue weighted by Gasteiger charge is 2.12. The Bertz CT molecular complexity index is 377. The van der Waals surface area contributed by atoms with Crippen molar-refractivity contribution in [3.05, 3.63) is 28.7 Å². The predicted octanol–water partition coefficient (Wildman–Crippen LogP) is -0.123. The van der Waals surface area contributed by atoms with Crippen LogP contribution in [0.4, 0.5) is 5.69 Å². The molecular formula is C13H17BrClN2O-. The molecular weight excluding hydrogens is 316 g/mol. The van der Waals surface area contributed by atoms with E-state index in [1.165, 1.54) is 12.8 Å². The Morgan fingerprint density at radius 2 is 1.83 bits per heavy atom. The highest BCUT2D eigenvalue weighted by atomic mass is 79.9. The molecule has 0 bridgehead atoms. The van der Waals surface area contributed by atoms with E-state index in [-0.39, 0.29) is 18.3 Å². The van der Waals surface area contributed by atoms with Crippen LogP contribution in [0.15, 0.2) is 28.7 Å². The normalized spacial score (nSPS) is 15.2. The lowest BCUT2D eigenvalue weighted by Gasteiger charge is -2.13. The number of hydrogen-bond donors (Lipinski definition) is 1. The van der Waals surface area contributed by atoms with Gasteiger partial charge in [-0.3, -0.25) is 4.79 Å². The number of halogens is 2. The standard InChI is InChI=1S/C13H17BrN2O.ClH/c14-11-3-5-12(6-4-11)15-13(17)7-10-16-8-1-2-9-16;/h3-6H,1-2,7-10H2,(H,15,17);1H/p-1. The van der Waals surface area contributed by atoms with E-state index in [2.05, 4.69) is 26.1 Å². The lowest BCUT2D eigenvalue weighted by Crippen LogP contribution is -3.00. The van der Waals surface area contributed by atoms with E-state index in [9.17, 15) is 4.79 Å². The first-order valence-electron chi connectivity index (χ1n) is 6.02. The van der Waals surface area contributed by atoms with Crippen LogP contribution < -0.4 is 17.7 Å². The number of hydrogen-bond acceptors (Lipinski definition) is 2. The van der Waals surface area contributed by atoms with E-state index in [0.29, 0.717) is 6.42 Å². The summed E-state index contributed by atoms with van der Waals surface area (Å²) in [6, 6.07) is 7.65. The van der Waals surface area contributed by atoms with E-state index >= 15 is 0 Å². The topological polar surface area (TPSA) is 32.3 Å². The minimum atomic E-state index is 0. The number of benzene rings is 1. The molecule has 100 valence electrons. The van der Waals surface area contributed by atoms with Crippen molar-refractivity contribution in [3.8, 4) is 0 Å². The third-order valence-electron chi connectivity index (χ3n) is 2.98. The fourth-order valence-electron chi connectivity index (χ4n) is 2.02. The minimum Gasteiger partial charge on any atom is -1.00 e. The van der Waals surface area contributed by atoms with Crippen LogP contribution in [0.5, 0.6) is 0 Å². The third kappa shape index (κ3) is 4.96. The molecule has 1 aromatic carbocycles. The summed E-state index contributed by atoms with van der Waals surface area (Å²) in [5, 5.41) is 2.91. The molecule has 2 rings (SSSR count). The summed E-state index contributed by atoms with van der Waals surface area (Å²) in [6.07, 6.45) is 3.12. The molecule has 3 nitrogen and oxygen atoms in total. The third-order valence-corrected chi connectivity index (χ3v) is 3.51. The van der Waals surface area contributed by atoms with Gasteiger partial charge in [-0.2, -0.15) is 0 Å². The van der Waals surface area contributed by atoms with Crippen molar-refractivity contribution in [3.63, 3.8) is 0 Å². The Morgan fingerprint density at radius 1 is 1.22 bits per heavy atom. The fourth-order valence-corrected chi connectivity index (χ4v) is 2.29. The number of likely N-dealkylation sites (tertiary alicyclic amines) is 1. The number of nitrogens with one attached hydrogen (secondary N) is 1. The smallest absolute Gasteiger partial charge is 0.225 e. The molecule has 1 aliphatic rings. The number of rotatable bonds is 4. The highest BCUT2D eigenvalue weighted by Crippen LogP contribution is 2.14. The molecule has 0 saturated carbocycles. The second-order valence-electron chi connectivity index (χ2n) is 4.35. The average molecular weight is 333 g/mol. The van der Waals surface area contributed by atoms with Crippen LogP contribution in [0, 0.1) is 0 Å². The van der Waals surface area contributed by atoms with Crippen LogP contribution in [-0.2, 0) is 4.79 Å². The maximum absolute atomic E-state index is 11.7. The van der Waals surface area contributed by atoms with Gasteiger partial charge in [0, 0.05) is 23.1 Å². The van der Waals surface area contributed by atoms with E-state index in [1.807, 2.05) is 24.3 Å². The fraction of sp³-hybridized carbons (Fsp3) is 0.462. The SMILES string of the molecule is O=C(CCN1CCCC1)Nc1ccc(Br)cc1.[Cl-]. The maximum atomic E-state index is 11.7. The quantitative estimate of drug-likeness (QED) is 0.834. The van der Waals surface area contributed by atoms with E-state index in [4.69, 9.17) is 0 Å². The van der Waals surface area contributed by atoms with Crippen molar-refractivity contribution >= 4 is 27.5 Å². The molecule has 0 atom stereocenters. The van der Waals surface area contributed by atoms with E-state index in [0.717, 1.165) is 29.8 Å². The maximum Gasteiger partial charge on any atom is 0.225 e. The van der Waals surface area contributed by atoms with Crippen LogP contribution in [0.25, 0.3) is 0 Å². The Labute approximate surface area is 122 Å². The number of carbonyl (C=O) groups excluding carboxylic acids is 1. The van der Waals surface area contributed by atoms with Gasteiger partial charge >= 0.3 is 0 Å². The van der Waals surface area contributed by atoms with Crippen LogP contribution in [0.1, 0.15) is 19.3 Å². The first kappa shape index (κ1) is 15.5. The summed E-state index contributed by atoms with van der Waals surface area (Å²) in [7, 11) is 0. The summed E-state index contributed by atoms with van der Waals surface area (Å²) >= 11 is 3.37. The van der Waals surface area contributed by atoms with Crippen LogP contribution in [0.2, 0.25) is 0 Å². The zero-order chi connectivity index (χ0) is 12.1. The van der Waals surface area contributed by atoms with Crippen LogP contribution in [-0.4, -0.2) is 30.4 Å². The molecule has 1 heterocycles. The monoisotopic (exact) mass is 331 g/mol. The molecule has 0 unspecified atom stereocenters. The van der Waals surface area contributed by atoms with E-state index < -0.39 is 0 Å². The largest absolute Gasteiger partial charge is 1.00 e. The van der Waals surface area contributed by atoms with Gasteiger partial charge in [-0.25, -0.2) is 0 Å². The molecule has 1 amide bonds. The van der Waals surface area contributed by atoms with Crippen molar-refractivity contribution < 1.29 is 17.2 Å². The minimum absolute atomic E-state index is 0. The number of nitrogens with zero attached hydrogens (tertiary/aromatic N) is 1. The summed E-state index contributed by atoms with van der Waals surface area (Å²) in [5.41, 5.74) is 0.861. The number of carbonyl (C=O) groups is 1. The lowest BCUT2D eigenvalue weighted by atomic mass is 10.3. The molecule has 0 aliphatic carbocycles. The molecule has 18 heavy (non-hydrogen) atoms. The van der Waals surface area contributed by atoms with Gasteiger partial charge in [-0.15, -0.1) is 0 Å². The highest BCUT2D eigenvalue weighted by molar-refractivity contribution is 9.10. The summed E-state index contributed by atoms with van der Waals surface area (Å²) in [4.78, 5) is 14.1. The first-order chi connectivity index (χ1) is 8.24. The molecule has 1 aliphatic heterocycles. The van der Waals surface area contributed by atoms with Crippen molar-refractivity contribution in [2.24, 2.45) is 0 Å². The van der Waals surface area contributed by atoms with Gasteiger partial charge in [0.25, 0.3) is 0 Å². The first-order valence-corrected chi connectivity index (χ1v) is 6.81. The van der Waals surface area contributed by atoms with Crippen LogP contribution >= 0.6 is 15.9 Å². The summed E-state index contributed by atoms with van der Waals surface area (Å²) in [5.74, 6) is 0.0965. The number of amides is 1. The molecule has 5 heteroatoms. The second-order valence-corrected chi connectivity index (χ2v) is 5.27. The zero-order valence-electron chi connectivity index (χ0n) is 10.2. The van der Waals surface area contributed by atoms with Crippen LogP contribution in [0.3, 0.4) is 0 Å². The molecule has 1 fully saturated rings. The van der Waals surface area contributed by atoms with E-state index in [1.54, 1.807) is 0 Å². The molecule has 1 N–H and O–H groups in total. The molecule has 0 spiro atoms. The van der Waals surface area contributed by atoms with Gasteiger partial charge in [-0.05, 0) is 50.2 Å². The summed E-state index contributed by atoms with van der Waals surface area (Å²) in [6.45, 7) is 3.17. The zero-order valence-corrected chi connectivity index (χ0v) is 12.5.